The third-order valence-corrected chi connectivity index (χ3v) is 2.39. The van der Waals surface area contributed by atoms with Crippen molar-refractivity contribution in [3.63, 3.8) is 0 Å². The van der Waals surface area contributed by atoms with Crippen LogP contribution in [-0.4, -0.2) is 12.9 Å². The Hall–Kier alpha value is -0.470. The van der Waals surface area contributed by atoms with E-state index in [0.717, 1.165) is 0 Å². The zero-order valence-electron chi connectivity index (χ0n) is 7.19. The quantitative estimate of drug-likeness (QED) is 0.660. The van der Waals surface area contributed by atoms with E-state index in [4.69, 9.17) is 4.74 Å². The first-order chi connectivity index (χ1) is 5.88. The molecule has 1 atom stereocenters. The summed E-state index contributed by atoms with van der Waals surface area (Å²) in [6, 6.07) is 10.2. The van der Waals surface area contributed by atoms with Gasteiger partial charge >= 0.3 is 0 Å². The molecule has 1 aromatic rings. The van der Waals surface area contributed by atoms with Gasteiger partial charge in [0.05, 0.1) is 0 Å². The van der Waals surface area contributed by atoms with Crippen molar-refractivity contribution in [2.24, 2.45) is 0 Å². The van der Waals surface area contributed by atoms with Crippen LogP contribution in [0.2, 0.25) is 0 Å². The molecule has 12 heavy (non-hydrogen) atoms. The Balaban J connectivity index is 2.66. The van der Waals surface area contributed by atoms with Gasteiger partial charge in [0.25, 0.3) is 0 Å². The van der Waals surface area contributed by atoms with Gasteiger partial charge in [-0.15, -0.1) is 11.8 Å². The molecule has 1 unspecified atom stereocenters. The minimum absolute atomic E-state index is 0.128. The maximum atomic E-state index is 5.43. The van der Waals surface area contributed by atoms with Crippen LogP contribution in [0.15, 0.2) is 30.3 Å². The largest absolute Gasteiger partial charge is 0.363 e. The molecule has 0 bridgehead atoms. The number of hydrogen-bond acceptors (Lipinski definition) is 2. The fourth-order valence-electron chi connectivity index (χ4n) is 1.02. The van der Waals surface area contributed by atoms with Crippen LogP contribution >= 0.6 is 11.8 Å². The van der Waals surface area contributed by atoms with Crippen LogP contribution in [0.5, 0.6) is 0 Å². The van der Waals surface area contributed by atoms with E-state index in [0.29, 0.717) is 6.61 Å². The number of rotatable bonds is 4. The number of hydrogen-bond donors (Lipinski definition) is 0. The monoisotopic (exact) mass is 181 g/mol. The van der Waals surface area contributed by atoms with Gasteiger partial charge in [-0.3, -0.25) is 0 Å². The summed E-state index contributed by atoms with van der Waals surface area (Å²) in [5.41, 5.74) is 1.33. The van der Waals surface area contributed by atoms with Gasteiger partial charge in [0, 0.05) is 6.61 Å². The summed E-state index contributed by atoms with van der Waals surface area (Å²) in [5, 5.41) is 0. The summed E-state index contributed by atoms with van der Waals surface area (Å²) < 4.78 is 5.43. The molecule has 0 saturated heterocycles. The summed E-state index contributed by atoms with van der Waals surface area (Å²) in [4.78, 5) is 0. The standard InChI is InChI=1S/C10H13OS/c1-3-11-10(12-2)9-7-5-4-6-8-9/h4-8,10H,1,3H2,2H3. The van der Waals surface area contributed by atoms with E-state index >= 15 is 0 Å². The second-order valence-electron chi connectivity index (χ2n) is 2.35. The predicted molar refractivity (Wildman–Crippen MR) is 54.0 cm³/mol. The van der Waals surface area contributed by atoms with E-state index in [9.17, 15) is 0 Å². The van der Waals surface area contributed by atoms with Crippen LogP contribution in [0.1, 0.15) is 11.0 Å². The molecule has 0 amide bonds. The highest BCUT2D eigenvalue weighted by molar-refractivity contribution is 7.98. The first-order valence-electron chi connectivity index (χ1n) is 3.87. The molecule has 0 spiro atoms. The second-order valence-corrected chi connectivity index (χ2v) is 3.25. The van der Waals surface area contributed by atoms with Gasteiger partial charge in [-0.05, 0) is 18.7 Å². The summed E-state index contributed by atoms with van der Waals surface area (Å²) in [6.07, 6.45) is 2.04. The molecule has 0 aromatic heterocycles. The molecule has 0 heterocycles. The highest BCUT2D eigenvalue weighted by Crippen LogP contribution is 2.26. The van der Waals surface area contributed by atoms with Crippen molar-refractivity contribution in [3.8, 4) is 0 Å². The third kappa shape index (κ3) is 2.54. The smallest absolute Gasteiger partial charge is 0.128 e. The third-order valence-electron chi connectivity index (χ3n) is 1.56. The van der Waals surface area contributed by atoms with Crippen LogP contribution in [0.25, 0.3) is 0 Å². The van der Waals surface area contributed by atoms with Crippen LogP contribution in [-0.2, 0) is 4.74 Å². The van der Waals surface area contributed by atoms with Crippen molar-refractivity contribution >= 4 is 11.8 Å². The van der Waals surface area contributed by atoms with E-state index in [1.165, 1.54) is 5.56 Å². The fraction of sp³-hybridized carbons (Fsp3) is 0.300. The number of benzene rings is 1. The minimum Gasteiger partial charge on any atom is -0.363 e. The average Bonchev–Trinajstić information content (AvgIpc) is 2.15. The maximum absolute atomic E-state index is 5.43. The van der Waals surface area contributed by atoms with E-state index in [-0.39, 0.29) is 5.44 Å². The highest BCUT2D eigenvalue weighted by atomic mass is 32.2. The lowest BCUT2D eigenvalue weighted by Crippen LogP contribution is -1.98. The summed E-state index contributed by atoms with van der Waals surface area (Å²) in [5.74, 6) is 0. The molecule has 1 nitrogen and oxygen atoms in total. The first kappa shape index (κ1) is 9.62. The summed E-state index contributed by atoms with van der Waals surface area (Å²) in [7, 11) is 0. The van der Waals surface area contributed by atoms with Crippen LogP contribution in [0.4, 0.5) is 0 Å². The van der Waals surface area contributed by atoms with Gasteiger partial charge in [-0.2, -0.15) is 0 Å². The molecule has 65 valence electrons. The van der Waals surface area contributed by atoms with Crippen LogP contribution in [0.3, 0.4) is 0 Å². The molecule has 0 fully saturated rings. The Morgan fingerprint density at radius 1 is 1.42 bits per heavy atom. The number of thioether (sulfide) groups is 1. The molecular formula is C10H13OS. The Labute approximate surface area is 78.1 Å². The SMILES string of the molecule is [CH2]COC(SC)c1ccccc1. The Kier molecular flexibility index (Phi) is 4.19. The Bertz CT molecular complexity index is 210. The normalized spacial score (nSPS) is 12.8. The van der Waals surface area contributed by atoms with Gasteiger partial charge in [-0.25, -0.2) is 0 Å². The van der Waals surface area contributed by atoms with E-state index in [2.05, 4.69) is 19.1 Å². The molecule has 1 radical (unpaired) electrons. The van der Waals surface area contributed by atoms with Crippen molar-refractivity contribution < 1.29 is 4.74 Å². The molecular weight excluding hydrogens is 168 g/mol. The lowest BCUT2D eigenvalue weighted by molar-refractivity contribution is 0.139. The molecule has 0 N–H and O–H groups in total. The van der Waals surface area contributed by atoms with Crippen molar-refractivity contribution in [3.05, 3.63) is 42.8 Å². The predicted octanol–water partition coefficient (Wildman–Crippen LogP) is 2.90. The van der Waals surface area contributed by atoms with Gasteiger partial charge < -0.3 is 4.74 Å². The van der Waals surface area contributed by atoms with Crippen molar-refractivity contribution in [1.82, 2.24) is 0 Å². The molecule has 1 aromatic carbocycles. The van der Waals surface area contributed by atoms with E-state index in [1.54, 1.807) is 11.8 Å². The van der Waals surface area contributed by atoms with Gasteiger partial charge in [0.2, 0.25) is 0 Å². The first-order valence-corrected chi connectivity index (χ1v) is 5.16. The molecule has 1 rings (SSSR count). The minimum atomic E-state index is 0.128. The molecule has 0 aliphatic heterocycles. The van der Waals surface area contributed by atoms with Crippen molar-refractivity contribution in [2.75, 3.05) is 12.9 Å². The molecule has 0 aliphatic rings. The Morgan fingerprint density at radius 2 is 2.08 bits per heavy atom. The maximum Gasteiger partial charge on any atom is 0.128 e. The van der Waals surface area contributed by atoms with Gasteiger partial charge in [0.15, 0.2) is 0 Å². The second kappa shape index (κ2) is 5.22. The van der Waals surface area contributed by atoms with Crippen LogP contribution in [0, 0.1) is 6.92 Å². The van der Waals surface area contributed by atoms with Gasteiger partial charge in [0.1, 0.15) is 5.44 Å². The summed E-state index contributed by atoms with van der Waals surface area (Å²) in [6.45, 7) is 4.18. The molecule has 0 saturated carbocycles. The number of ether oxygens (including phenoxy) is 1. The van der Waals surface area contributed by atoms with Gasteiger partial charge in [-0.1, -0.05) is 30.3 Å². The Morgan fingerprint density at radius 3 is 2.58 bits per heavy atom. The fourth-order valence-corrected chi connectivity index (χ4v) is 1.68. The topological polar surface area (TPSA) is 9.23 Å². The van der Waals surface area contributed by atoms with E-state index in [1.807, 2.05) is 24.5 Å². The van der Waals surface area contributed by atoms with E-state index < -0.39 is 0 Å². The van der Waals surface area contributed by atoms with Crippen molar-refractivity contribution in [2.45, 2.75) is 5.44 Å². The lowest BCUT2D eigenvalue weighted by Gasteiger charge is -2.13. The zero-order valence-corrected chi connectivity index (χ0v) is 8.01. The zero-order chi connectivity index (χ0) is 8.81. The average molecular weight is 181 g/mol. The summed E-state index contributed by atoms with van der Waals surface area (Å²) >= 11 is 1.69. The molecule has 2 heteroatoms. The highest BCUT2D eigenvalue weighted by Gasteiger charge is 2.07. The molecule has 0 aliphatic carbocycles. The van der Waals surface area contributed by atoms with Crippen LogP contribution < -0.4 is 0 Å². The van der Waals surface area contributed by atoms with Crippen molar-refractivity contribution in [1.29, 1.82) is 0 Å². The lowest BCUT2D eigenvalue weighted by atomic mass is 10.2.